The number of primary amides is 1. The van der Waals surface area contributed by atoms with E-state index in [-0.39, 0.29) is 11.8 Å². The Balaban J connectivity index is 1.80. The third-order valence-corrected chi connectivity index (χ3v) is 5.52. The number of benzene rings is 1. The zero-order valence-corrected chi connectivity index (χ0v) is 15.6. The van der Waals surface area contributed by atoms with Crippen LogP contribution in [0.4, 0.5) is 5.13 Å². The zero-order chi connectivity index (χ0) is 18.0. The molecule has 1 aromatic carbocycles. The molecule has 0 saturated carbocycles. The fraction of sp³-hybridized carbons (Fsp3) is 0.444. The van der Waals surface area contributed by atoms with Crippen LogP contribution in [0.15, 0.2) is 17.5 Å². The van der Waals surface area contributed by atoms with Gasteiger partial charge < -0.3 is 20.1 Å². The number of thiazole rings is 1. The van der Waals surface area contributed by atoms with Gasteiger partial charge in [0.25, 0.3) is 0 Å². The zero-order valence-electron chi connectivity index (χ0n) is 14.7. The first-order chi connectivity index (χ1) is 12.0. The standard InChI is InChI=1S/C18H23N3O3S/c1-11-8-13(9-15(23-2)16(11)24-3)14-10-25-18(20-14)21-6-4-12(5-7-21)17(19)22/h8-10,12H,4-7H2,1-3H3,(H2,19,22). The molecular formula is C18H23N3O3S. The Kier molecular flexibility index (Phi) is 5.13. The molecule has 2 aromatic rings. The van der Waals surface area contributed by atoms with Crippen LogP contribution in [0.1, 0.15) is 18.4 Å². The normalized spacial score (nSPS) is 15.2. The van der Waals surface area contributed by atoms with E-state index in [0.29, 0.717) is 5.75 Å². The average Bonchev–Trinajstić information content (AvgIpc) is 3.11. The van der Waals surface area contributed by atoms with E-state index in [1.54, 1.807) is 25.6 Å². The maximum absolute atomic E-state index is 11.3. The lowest BCUT2D eigenvalue weighted by molar-refractivity contribution is -0.122. The fourth-order valence-corrected chi connectivity index (χ4v) is 4.09. The van der Waals surface area contributed by atoms with E-state index in [9.17, 15) is 4.79 Å². The van der Waals surface area contributed by atoms with Gasteiger partial charge >= 0.3 is 0 Å². The van der Waals surface area contributed by atoms with Crippen molar-refractivity contribution in [2.45, 2.75) is 19.8 Å². The minimum absolute atomic E-state index is 0.0100. The van der Waals surface area contributed by atoms with Crippen LogP contribution in [0.25, 0.3) is 11.3 Å². The molecule has 0 spiro atoms. The Morgan fingerprint density at radius 3 is 2.60 bits per heavy atom. The summed E-state index contributed by atoms with van der Waals surface area (Å²) in [7, 11) is 3.28. The highest BCUT2D eigenvalue weighted by Gasteiger charge is 2.24. The Morgan fingerprint density at radius 1 is 1.28 bits per heavy atom. The van der Waals surface area contributed by atoms with Crippen LogP contribution in [0.3, 0.4) is 0 Å². The van der Waals surface area contributed by atoms with Crippen molar-refractivity contribution < 1.29 is 14.3 Å². The first-order valence-electron chi connectivity index (χ1n) is 8.26. The molecule has 7 heteroatoms. The highest BCUT2D eigenvalue weighted by Crippen LogP contribution is 2.37. The van der Waals surface area contributed by atoms with Gasteiger partial charge in [-0.05, 0) is 37.5 Å². The number of methoxy groups -OCH3 is 2. The van der Waals surface area contributed by atoms with Crippen LogP contribution in [0, 0.1) is 12.8 Å². The number of nitrogens with two attached hydrogens (primary N) is 1. The smallest absolute Gasteiger partial charge is 0.220 e. The summed E-state index contributed by atoms with van der Waals surface area (Å²) < 4.78 is 10.8. The lowest BCUT2D eigenvalue weighted by atomic mass is 9.97. The van der Waals surface area contributed by atoms with Crippen LogP contribution >= 0.6 is 11.3 Å². The molecule has 1 saturated heterocycles. The molecule has 0 aliphatic carbocycles. The van der Waals surface area contributed by atoms with Crippen LogP contribution in [0.2, 0.25) is 0 Å². The Hall–Kier alpha value is -2.28. The van der Waals surface area contributed by atoms with Gasteiger partial charge in [0, 0.05) is 30.0 Å². The number of aryl methyl sites for hydroxylation is 1. The van der Waals surface area contributed by atoms with Crippen LogP contribution in [-0.4, -0.2) is 38.2 Å². The third-order valence-electron chi connectivity index (χ3n) is 4.62. The molecule has 0 atom stereocenters. The average molecular weight is 361 g/mol. The molecule has 0 radical (unpaired) electrons. The molecule has 1 aliphatic rings. The van der Waals surface area contributed by atoms with Crippen molar-refractivity contribution in [1.82, 2.24) is 4.98 Å². The molecule has 1 fully saturated rings. The van der Waals surface area contributed by atoms with Crippen molar-refractivity contribution in [3.63, 3.8) is 0 Å². The summed E-state index contributed by atoms with van der Waals surface area (Å²) in [6.07, 6.45) is 1.58. The number of carbonyl (C=O) groups is 1. The number of carbonyl (C=O) groups excluding carboxylic acids is 1. The number of hydrogen-bond donors (Lipinski definition) is 1. The molecule has 6 nitrogen and oxygen atoms in total. The molecule has 2 N–H and O–H groups in total. The molecular weight excluding hydrogens is 338 g/mol. The summed E-state index contributed by atoms with van der Waals surface area (Å²) in [5.74, 6) is 1.24. The van der Waals surface area contributed by atoms with E-state index in [1.807, 2.05) is 13.0 Å². The number of hydrogen-bond acceptors (Lipinski definition) is 6. The van der Waals surface area contributed by atoms with Gasteiger partial charge in [0.1, 0.15) is 0 Å². The maximum atomic E-state index is 11.3. The number of piperidine rings is 1. The lowest BCUT2D eigenvalue weighted by Crippen LogP contribution is -2.38. The molecule has 25 heavy (non-hydrogen) atoms. The molecule has 2 heterocycles. The van der Waals surface area contributed by atoms with Crippen LogP contribution in [-0.2, 0) is 4.79 Å². The molecule has 1 aliphatic heterocycles. The number of amides is 1. The van der Waals surface area contributed by atoms with E-state index in [1.165, 1.54) is 0 Å². The summed E-state index contributed by atoms with van der Waals surface area (Å²) in [5, 5.41) is 3.03. The van der Waals surface area contributed by atoms with Gasteiger partial charge in [0.15, 0.2) is 16.6 Å². The Bertz CT molecular complexity index is 767. The molecule has 0 unspecified atom stereocenters. The van der Waals surface area contributed by atoms with Gasteiger partial charge in [-0.25, -0.2) is 4.98 Å². The SMILES string of the molecule is COc1cc(-c2csc(N3CCC(C(N)=O)CC3)n2)cc(C)c1OC. The summed E-state index contributed by atoms with van der Waals surface area (Å²) in [6.45, 7) is 3.61. The molecule has 1 amide bonds. The molecule has 3 rings (SSSR count). The van der Waals surface area contributed by atoms with Gasteiger partial charge in [0.2, 0.25) is 5.91 Å². The maximum Gasteiger partial charge on any atom is 0.220 e. The monoisotopic (exact) mass is 361 g/mol. The highest BCUT2D eigenvalue weighted by molar-refractivity contribution is 7.14. The minimum Gasteiger partial charge on any atom is -0.493 e. The van der Waals surface area contributed by atoms with Crippen molar-refractivity contribution in [1.29, 1.82) is 0 Å². The molecule has 134 valence electrons. The van der Waals surface area contributed by atoms with Gasteiger partial charge in [-0.15, -0.1) is 11.3 Å². The largest absolute Gasteiger partial charge is 0.493 e. The number of anilines is 1. The van der Waals surface area contributed by atoms with Crippen LogP contribution < -0.4 is 20.1 Å². The topological polar surface area (TPSA) is 77.7 Å². The Labute approximate surface area is 151 Å². The second-order valence-electron chi connectivity index (χ2n) is 6.21. The lowest BCUT2D eigenvalue weighted by Gasteiger charge is -2.30. The van der Waals surface area contributed by atoms with E-state index in [2.05, 4.69) is 16.3 Å². The van der Waals surface area contributed by atoms with E-state index < -0.39 is 0 Å². The number of ether oxygens (including phenoxy) is 2. The number of aromatic nitrogens is 1. The van der Waals surface area contributed by atoms with Gasteiger partial charge in [-0.2, -0.15) is 0 Å². The summed E-state index contributed by atoms with van der Waals surface area (Å²) in [5.41, 5.74) is 8.33. The van der Waals surface area contributed by atoms with Crippen LogP contribution in [0.5, 0.6) is 11.5 Å². The quantitative estimate of drug-likeness (QED) is 0.886. The number of nitrogens with zero attached hydrogens (tertiary/aromatic N) is 2. The van der Waals surface area contributed by atoms with E-state index in [0.717, 1.165) is 53.6 Å². The summed E-state index contributed by atoms with van der Waals surface area (Å²) in [4.78, 5) is 18.3. The second kappa shape index (κ2) is 7.31. The first kappa shape index (κ1) is 17.5. The highest BCUT2D eigenvalue weighted by atomic mass is 32.1. The van der Waals surface area contributed by atoms with Crippen molar-refractivity contribution >= 4 is 22.4 Å². The second-order valence-corrected chi connectivity index (χ2v) is 7.04. The molecule has 0 bridgehead atoms. The van der Waals surface area contributed by atoms with Gasteiger partial charge in [-0.1, -0.05) is 0 Å². The fourth-order valence-electron chi connectivity index (χ4n) is 3.20. The van der Waals surface area contributed by atoms with Gasteiger partial charge in [-0.3, -0.25) is 4.79 Å². The third kappa shape index (κ3) is 3.56. The van der Waals surface area contributed by atoms with E-state index in [4.69, 9.17) is 20.2 Å². The predicted octanol–water partition coefficient (Wildman–Crippen LogP) is 2.84. The van der Waals surface area contributed by atoms with Crippen molar-refractivity contribution in [2.24, 2.45) is 11.7 Å². The summed E-state index contributed by atoms with van der Waals surface area (Å²) in [6, 6.07) is 4.00. The summed E-state index contributed by atoms with van der Waals surface area (Å²) >= 11 is 1.62. The minimum atomic E-state index is -0.194. The number of rotatable bonds is 5. The van der Waals surface area contributed by atoms with Crippen molar-refractivity contribution in [2.75, 3.05) is 32.2 Å². The van der Waals surface area contributed by atoms with Gasteiger partial charge in [0.05, 0.1) is 19.9 Å². The van der Waals surface area contributed by atoms with Crippen molar-refractivity contribution in [3.05, 3.63) is 23.1 Å². The van der Waals surface area contributed by atoms with E-state index >= 15 is 0 Å². The molecule has 1 aromatic heterocycles. The van der Waals surface area contributed by atoms with Crippen molar-refractivity contribution in [3.8, 4) is 22.8 Å². The Morgan fingerprint density at radius 2 is 2.00 bits per heavy atom. The predicted molar refractivity (Wildman–Crippen MR) is 99.5 cm³/mol. The first-order valence-corrected chi connectivity index (χ1v) is 9.14.